The Balaban J connectivity index is 2.91. The van der Waals surface area contributed by atoms with Crippen LogP contribution in [0.5, 0.6) is 0 Å². The van der Waals surface area contributed by atoms with E-state index in [-0.39, 0.29) is 11.8 Å². The number of nitrogens with one attached hydrogen (secondary N) is 1. The summed E-state index contributed by atoms with van der Waals surface area (Å²) in [6.07, 6.45) is 0. The first-order valence-electron chi connectivity index (χ1n) is 5.71. The Labute approximate surface area is 106 Å². The first kappa shape index (κ1) is 14.2. The zero-order chi connectivity index (χ0) is 13.7. The number of methoxy groups -OCH3 is 1. The molecule has 5 heteroatoms. The molecule has 0 aliphatic rings. The first-order chi connectivity index (χ1) is 8.47. The van der Waals surface area contributed by atoms with Gasteiger partial charge >= 0.3 is 5.97 Å². The van der Waals surface area contributed by atoms with Gasteiger partial charge in [0.15, 0.2) is 0 Å². The fourth-order valence-corrected chi connectivity index (χ4v) is 1.40. The van der Waals surface area contributed by atoms with Gasteiger partial charge in [-0.05, 0) is 18.1 Å². The van der Waals surface area contributed by atoms with Crippen molar-refractivity contribution in [1.82, 2.24) is 0 Å². The van der Waals surface area contributed by atoms with E-state index in [1.165, 1.54) is 7.11 Å². The summed E-state index contributed by atoms with van der Waals surface area (Å²) in [6.45, 7) is 3.72. The van der Waals surface area contributed by atoms with Crippen molar-refractivity contribution in [2.45, 2.75) is 19.9 Å². The number of esters is 1. The summed E-state index contributed by atoms with van der Waals surface area (Å²) in [6, 6.07) is 6.03. The molecule has 1 amide bonds. The molecule has 1 atom stereocenters. The highest BCUT2D eigenvalue weighted by atomic mass is 16.5. The molecule has 0 saturated carbocycles. The van der Waals surface area contributed by atoms with Crippen molar-refractivity contribution in [3.63, 3.8) is 0 Å². The Morgan fingerprint density at radius 1 is 1.28 bits per heavy atom. The van der Waals surface area contributed by atoms with E-state index in [9.17, 15) is 9.59 Å². The van der Waals surface area contributed by atoms with Gasteiger partial charge in [-0.25, -0.2) is 4.79 Å². The number of hydrogen-bond donors (Lipinski definition) is 2. The standard InChI is InChI=1S/C13H18N2O3/c1-8(2)11(14)12(16)15-10-7-5-4-6-9(10)13(17)18-3/h4-8,11H,14H2,1-3H3,(H,15,16). The van der Waals surface area contributed by atoms with Gasteiger partial charge < -0.3 is 15.8 Å². The predicted molar refractivity (Wildman–Crippen MR) is 69.2 cm³/mol. The summed E-state index contributed by atoms with van der Waals surface area (Å²) in [5, 5.41) is 2.64. The van der Waals surface area contributed by atoms with E-state index >= 15 is 0 Å². The largest absolute Gasteiger partial charge is 0.465 e. The van der Waals surface area contributed by atoms with Crippen LogP contribution in [0.4, 0.5) is 5.69 Å². The molecule has 0 aliphatic heterocycles. The number of nitrogens with two attached hydrogens (primary N) is 1. The van der Waals surface area contributed by atoms with Crippen molar-refractivity contribution in [3.8, 4) is 0 Å². The van der Waals surface area contributed by atoms with E-state index < -0.39 is 12.0 Å². The second-order valence-electron chi connectivity index (χ2n) is 4.30. The van der Waals surface area contributed by atoms with Crippen LogP contribution in [0.3, 0.4) is 0 Å². The summed E-state index contributed by atoms with van der Waals surface area (Å²) >= 11 is 0. The first-order valence-corrected chi connectivity index (χ1v) is 5.71. The van der Waals surface area contributed by atoms with Crippen molar-refractivity contribution in [3.05, 3.63) is 29.8 Å². The number of para-hydroxylation sites is 1. The Hall–Kier alpha value is -1.88. The summed E-state index contributed by atoms with van der Waals surface area (Å²) in [5.41, 5.74) is 6.46. The maximum Gasteiger partial charge on any atom is 0.339 e. The molecule has 98 valence electrons. The molecule has 0 aromatic heterocycles. The highest BCUT2D eigenvalue weighted by molar-refractivity contribution is 6.02. The van der Waals surface area contributed by atoms with Crippen LogP contribution < -0.4 is 11.1 Å². The number of benzene rings is 1. The van der Waals surface area contributed by atoms with Gasteiger partial charge in [0.05, 0.1) is 24.4 Å². The molecule has 0 heterocycles. The van der Waals surface area contributed by atoms with Gasteiger partial charge in [-0.1, -0.05) is 26.0 Å². The number of rotatable bonds is 4. The molecule has 1 aromatic carbocycles. The van der Waals surface area contributed by atoms with Crippen LogP contribution in [0.2, 0.25) is 0 Å². The topological polar surface area (TPSA) is 81.4 Å². The highest BCUT2D eigenvalue weighted by Crippen LogP contribution is 2.16. The quantitative estimate of drug-likeness (QED) is 0.791. The summed E-state index contributed by atoms with van der Waals surface area (Å²) in [5.74, 6) is -0.791. The number of hydrogen-bond acceptors (Lipinski definition) is 4. The van der Waals surface area contributed by atoms with Crippen LogP contribution in [0, 0.1) is 5.92 Å². The van der Waals surface area contributed by atoms with Crippen molar-refractivity contribution in [2.24, 2.45) is 11.7 Å². The predicted octanol–water partition coefficient (Wildman–Crippen LogP) is 1.40. The molecule has 0 spiro atoms. The number of amides is 1. The lowest BCUT2D eigenvalue weighted by Gasteiger charge is -2.16. The fraction of sp³-hybridized carbons (Fsp3) is 0.385. The SMILES string of the molecule is COC(=O)c1ccccc1NC(=O)C(N)C(C)C. The van der Waals surface area contributed by atoms with Gasteiger partial charge in [-0.2, -0.15) is 0 Å². The summed E-state index contributed by atoms with van der Waals surface area (Å²) in [7, 11) is 1.29. The molecule has 1 aromatic rings. The third-order valence-corrected chi connectivity index (χ3v) is 2.61. The third-order valence-electron chi connectivity index (χ3n) is 2.61. The maximum atomic E-state index is 11.8. The fourth-order valence-electron chi connectivity index (χ4n) is 1.40. The second-order valence-corrected chi connectivity index (χ2v) is 4.30. The van der Waals surface area contributed by atoms with E-state index in [2.05, 4.69) is 10.1 Å². The molecule has 18 heavy (non-hydrogen) atoms. The number of ether oxygens (including phenoxy) is 1. The van der Waals surface area contributed by atoms with Crippen molar-refractivity contribution in [2.75, 3.05) is 12.4 Å². The van der Waals surface area contributed by atoms with Crippen molar-refractivity contribution in [1.29, 1.82) is 0 Å². The monoisotopic (exact) mass is 250 g/mol. The Morgan fingerprint density at radius 2 is 1.89 bits per heavy atom. The molecular weight excluding hydrogens is 232 g/mol. The Bertz CT molecular complexity index is 444. The molecular formula is C13H18N2O3. The van der Waals surface area contributed by atoms with Crippen LogP contribution in [-0.2, 0) is 9.53 Å². The van der Waals surface area contributed by atoms with E-state index in [0.29, 0.717) is 11.3 Å². The van der Waals surface area contributed by atoms with Gasteiger partial charge in [0, 0.05) is 0 Å². The van der Waals surface area contributed by atoms with E-state index in [4.69, 9.17) is 5.73 Å². The van der Waals surface area contributed by atoms with Crippen molar-refractivity contribution >= 4 is 17.6 Å². The number of carbonyl (C=O) groups excluding carboxylic acids is 2. The number of anilines is 1. The lowest BCUT2D eigenvalue weighted by atomic mass is 10.0. The normalized spacial score (nSPS) is 12.1. The summed E-state index contributed by atoms with van der Waals surface area (Å²) in [4.78, 5) is 23.3. The van der Waals surface area contributed by atoms with Crippen LogP contribution in [-0.4, -0.2) is 25.0 Å². The second kappa shape index (κ2) is 6.16. The molecule has 1 unspecified atom stereocenters. The average Bonchev–Trinajstić information content (AvgIpc) is 2.37. The van der Waals surface area contributed by atoms with E-state index in [1.54, 1.807) is 24.3 Å². The zero-order valence-electron chi connectivity index (χ0n) is 10.8. The molecule has 0 bridgehead atoms. The minimum absolute atomic E-state index is 0.0234. The van der Waals surface area contributed by atoms with Crippen LogP contribution >= 0.6 is 0 Å². The molecule has 1 rings (SSSR count). The molecule has 5 nitrogen and oxygen atoms in total. The summed E-state index contributed by atoms with van der Waals surface area (Å²) < 4.78 is 4.64. The highest BCUT2D eigenvalue weighted by Gasteiger charge is 2.19. The minimum atomic E-state index is -0.615. The Morgan fingerprint density at radius 3 is 2.44 bits per heavy atom. The van der Waals surface area contributed by atoms with Gasteiger partial charge in [0.25, 0.3) is 0 Å². The molecule has 0 radical (unpaired) electrons. The number of carbonyl (C=O) groups is 2. The molecule has 0 fully saturated rings. The third kappa shape index (κ3) is 3.30. The lowest BCUT2D eigenvalue weighted by molar-refractivity contribution is -0.118. The smallest absolute Gasteiger partial charge is 0.339 e. The maximum absolute atomic E-state index is 11.8. The van der Waals surface area contributed by atoms with Crippen molar-refractivity contribution < 1.29 is 14.3 Å². The molecule has 0 saturated heterocycles. The van der Waals surface area contributed by atoms with Gasteiger partial charge in [-0.15, -0.1) is 0 Å². The average molecular weight is 250 g/mol. The van der Waals surface area contributed by atoms with E-state index in [1.807, 2.05) is 13.8 Å². The molecule has 0 aliphatic carbocycles. The lowest BCUT2D eigenvalue weighted by Crippen LogP contribution is -2.40. The van der Waals surface area contributed by atoms with Crippen LogP contribution in [0.25, 0.3) is 0 Å². The molecule has 3 N–H and O–H groups in total. The van der Waals surface area contributed by atoms with Crippen LogP contribution in [0.1, 0.15) is 24.2 Å². The van der Waals surface area contributed by atoms with Crippen LogP contribution in [0.15, 0.2) is 24.3 Å². The van der Waals surface area contributed by atoms with Gasteiger partial charge in [-0.3, -0.25) is 4.79 Å². The zero-order valence-corrected chi connectivity index (χ0v) is 10.8. The van der Waals surface area contributed by atoms with Gasteiger partial charge in [0.1, 0.15) is 0 Å². The van der Waals surface area contributed by atoms with E-state index in [0.717, 1.165) is 0 Å². The van der Waals surface area contributed by atoms with Gasteiger partial charge in [0.2, 0.25) is 5.91 Å². The Kier molecular flexibility index (Phi) is 4.85. The minimum Gasteiger partial charge on any atom is -0.465 e.